The third kappa shape index (κ3) is 3.84. The largest absolute Gasteiger partial charge is 0.381 e. The summed E-state index contributed by atoms with van der Waals surface area (Å²) in [6, 6.07) is 0. The van der Waals surface area contributed by atoms with Gasteiger partial charge in [0.1, 0.15) is 0 Å². The van der Waals surface area contributed by atoms with Gasteiger partial charge in [0, 0.05) is 6.61 Å². The first-order chi connectivity index (χ1) is 17.4. The molecule has 2 heteroatoms. The normalized spacial score (nSPS) is 50.4. The maximum atomic E-state index is 6.39. The Hall–Kier alpha value is -0.600. The molecule has 0 heterocycles. The lowest BCUT2D eigenvalue weighted by Crippen LogP contribution is -2.67. The third-order valence-electron chi connectivity index (χ3n) is 14.2. The fourth-order valence-corrected chi connectivity index (χ4v) is 12.3. The number of hydrogen-bond acceptors (Lipinski definition) is 2. The van der Waals surface area contributed by atoms with Crippen molar-refractivity contribution < 1.29 is 9.47 Å². The highest BCUT2D eigenvalue weighted by atomic mass is 16.5. The van der Waals surface area contributed by atoms with Gasteiger partial charge in [0.25, 0.3) is 0 Å². The van der Waals surface area contributed by atoms with Crippen molar-refractivity contribution >= 4 is 0 Å². The molecule has 5 saturated carbocycles. The Morgan fingerprint density at radius 3 is 2.30 bits per heavy atom. The fourth-order valence-electron chi connectivity index (χ4n) is 12.3. The van der Waals surface area contributed by atoms with Crippen LogP contribution in [0.4, 0.5) is 0 Å². The van der Waals surface area contributed by atoms with Gasteiger partial charge >= 0.3 is 0 Å². The van der Waals surface area contributed by atoms with Crippen LogP contribution in [0.2, 0.25) is 0 Å². The summed E-state index contributed by atoms with van der Waals surface area (Å²) in [6.45, 7) is 28.8. The molecule has 0 amide bonds. The van der Waals surface area contributed by atoms with Crippen LogP contribution in [0.5, 0.6) is 0 Å². The monoisotopic (exact) mass is 510 g/mol. The minimum absolute atomic E-state index is 0.227. The van der Waals surface area contributed by atoms with Gasteiger partial charge in [-0.05, 0) is 135 Å². The Balaban J connectivity index is 1.48. The van der Waals surface area contributed by atoms with Gasteiger partial charge in [0.2, 0.25) is 0 Å². The molecular weight excluding hydrogens is 452 g/mol. The molecule has 5 rings (SSSR count). The molecule has 10 atom stereocenters. The molecule has 0 aromatic heterocycles. The van der Waals surface area contributed by atoms with Crippen LogP contribution in [0.15, 0.2) is 24.8 Å². The topological polar surface area (TPSA) is 18.5 Å². The van der Waals surface area contributed by atoms with Gasteiger partial charge in [0.15, 0.2) is 0 Å². The summed E-state index contributed by atoms with van der Waals surface area (Å²) >= 11 is 0. The lowest BCUT2D eigenvalue weighted by Gasteiger charge is -2.73. The number of hydrogen-bond donors (Lipinski definition) is 0. The minimum Gasteiger partial charge on any atom is -0.381 e. The van der Waals surface area contributed by atoms with E-state index in [0.29, 0.717) is 40.3 Å². The Labute approximate surface area is 229 Å². The van der Waals surface area contributed by atoms with E-state index >= 15 is 0 Å². The van der Waals surface area contributed by atoms with Crippen molar-refractivity contribution in [2.75, 3.05) is 19.8 Å². The van der Waals surface area contributed by atoms with Crippen LogP contribution in [0.3, 0.4) is 0 Å². The molecule has 0 spiro atoms. The Morgan fingerprint density at radius 2 is 1.62 bits per heavy atom. The van der Waals surface area contributed by atoms with E-state index in [0.717, 1.165) is 36.9 Å². The van der Waals surface area contributed by atoms with Gasteiger partial charge in [-0.3, -0.25) is 0 Å². The summed E-state index contributed by atoms with van der Waals surface area (Å²) in [5.74, 6) is 3.83. The second kappa shape index (κ2) is 9.50. The Kier molecular flexibility index (Phi) is 7.18. The van der Waals surface area contributed by atoms with E-state index in [1.165, 1.54) is 69.8 Å². The van der Waals surface area contributed by atoms with Crippen LogP contribution in [-0.4, -0.2) is 25.9 Å². The van der Waals surface area contributed by atoms with Crippen LogP contribution in [0.25, 0.3) is 0 Å². The van der Waals surface area contributed by atoms with Crippen molar-refractivity contribution in [2.45, 2.75) is 119 Å². The Morgan fingerprint density at radius 1 is 0.865 bits per heavy atom. The first-order valence-electron chi connectivity index (χ1n) is 15.9. The van der Waals surface area contributed by atoms with E-state index in [4.69, 9.17) is 9.47 Å². The van der Waals surface area contributed by atoms with E-state index in [1.807, 2.05) is 6.08 Å². The molecule has 0 bridgehead atoms. The number of rotatable bonds is 7. The molecule has 5 fully saturated rings. The molecule has 0 unspecified atom stereocenters. The molecule has 0 radical (unpaired) electrons. The van der Waals surface area contributed by atoms with Crippen LogP contribution in [0, 0.1) is 56.7 Å². The third-order valence-corrected chi connectivity index (χ3v) is 14.2. The quantitative estimate of drug-likeness (QED) is 0.318. The molecule has 2 nitrogen and oxygen atoms in total. The Bertz CT molecular complexity index is 890. The van der Waals surface area contributed by atoms with Crippen molar-refractivity contribution in [3.63, 3.8) is 0 Å². The maximum absolute atomic E-state index is 6.39. The van der Waals surface area contributed by atoms with Crippen LogP contribution in [0.1, 0.15) is 113 Å². The maximum Gasteiger partial charge on any atom is 0.0648 e. The zero-order valence-electron chi connectivity index (χ0n) is 25.5. The van der Waals surface area contributed by atoms with Gasteiger partial charge < -0.3 is 9.47 Å². The van der Waals surface area contributed by atoms with Crippen molar-refractivity contribution in [1.82, 2.24) is 0 Å². The summed E-state index contributed by atoms with van der Waals surface area (Å²) < 4.78 is 12.6. The van der Waals surface area contributed by atoms with Gasteiger partial charge in [-0.1, -0.05) is 52.8 Å². The number of ether oxygens (including phenoxy) is 2. The van der Waals surface area contributed by atoms with Gasteiger partial charge in [-0.2, -0.15) is 0 Å². The second-order valence-corrected chi connectivity index (χ2v) is 15.7. The first kappa shape index (κ1) is 27.9. The highest BCUT2D eigenvalue weighted by Crippen LogP contribution is 2.77. The fraction of sp³-hybridized carbons (Fsp3) is 0.886. The summed E-state index contributed by atoms with van der Waals surface area (Å²) in [5, 5.41) is 0. The van der Waals surface area contributed by atoms with E-state index in [-0.39, 0.29) is 5.41 Å². The molecule has 0 saturated heterocycles. The molecule has 5 aliphatic carbocycles. The van der Waals surface area contributed by atoms with Gasteiger partial charge in [-0.15, -0.1) is 6.58 Å². The highest BCUT2D eigenvalue weighted by molar-refractivity contribution is 5.21. The summed E-state index contributed by atoms with van der Waals surface area (Å²) in [4.78, 5) is 0. The van der Waals surface area contributed by atoms with E-state index < -0.39 is 0 Å². The lowest BCUT2D eigenvalue weighted by molar-refractivity contribution is -0.252. The number of allylic oxidation sites excluding steroid dienone is 1. The predicted octanol–water partition coefficient (Wildman–Crippen LogP) is 9.25. The van der Waals surface area contributed by atoms with Crippen LogP contribution < -0.4 is 0 Å². The predicted molar refractivity (Wildman–Crippen MR) is 155 cm³/mol. The van der Waals surface area contributed by atoms with E-state index in [1.54, 1.807) is 0 Å². The summed E-state index contributed by atoms with van der Waals surface area (Å²) in [7, 11) is 0. The van der Waals surface area contributed by atoms with Crippen LogP contribution >= 0.6 is 0 Å². The lowest BCUT2D eigenvalue weighted by atomic mass is 9.32. The molecule has 5 aliphatic rings. The van der Waals surface area contributed by atoms with E-state index in [9.17, 15) is 0 Å². The standard InChI is InChI=1S/C35H58O2/c1-10-22-37-29-16-17-32(7)27(31(29,5)6)15-18-34(9)28(32)13-12-26-30-25(24(3)4)14-19-35(30,23-36-11-2)21-20-33(26,34)8/h10,25-30H,1,3,11-23H2,2,4-9H3/t25-,26+,27-,28+,29-,30+,32-,33+,34+,35+/m0/s1. The molecule has 0 N–H and O–H groups in total. The summed E-state index contributed by atoms with van der Waals surface area (Å²) in [6.07, 6.45) is 15.9. The average Bonchev–Trinajstić information content (AvgIpc) is 3.23. The minimum atomic E-state index is 0.227. The zero-order valence-corrected chi connectivity index (χ0v) is 25.5. The zero-order chi connectivity index (χ0) is 26.9. The van der Waals surface area contributed by atoms with Crippen LogP contribution in [-0.2, 0) is 9.47 Å². The highest BCUT2D eigenvalue weighted by Gasteiger charge is 2.70. The summed E-state index contributed by atoms with van der Waals surface area (Å²) in [5.41, 5.74) is 3.31. The van der Waals surface area contributed by atoms with Crippen molar-refractivity contribution in [2.24, 2.45) is 56.7 Å². The van der Waals surface area contributed by atoms with E-state index in [2.05, 4.69) is 61.6 Å². The first-order valence-corrected chi connectivity index (χ1v) is 15.9. The molecular formula is C35H58O2. The molecule has 0 aromatic rings. The number of fused-ring (bicyclic) bond motifs is 7. The molecule has 0 aliphatic heterocycles. The molecule has 210 valence electrons. The SMILES string of the molecule is C=CCO[C@H]1CC[C@]2(C)[C@H]3CC[C@@H]4[C@H]5[C@H](C(=C)C)CC[C@]5(COCC)CC[C@@]4(C)[C@]3(C)CC[C@H]2C1(C)C. The molecule has 0 aromatic carbocycles. The van der Waals surface area contributed by atoms with Gasteiger partial charge in [0.05, 0.1) is 19.3 Å². The van der Waals surface area contributed by atoms with Crippen molar-refractivity contribution in [1.29, 1.82) is 0 Å². The molecule has 37 heavy (non-hydrogen) atoms. The average molecular weight is 511 g/mol. The van der Waals surface area contributed by atoms with Crippen molar-refractivity contribution in [3.8, 4) is 0 Å². The van der Waals surface area contributed by atoms with Crippen molar-refractivity contribution in [3.05, 3.63) is 24.8 Å². The second-order valence-electron chi connectivity index (χ2n) is 15.7. The van der Waals surface area contributed by atoms with Gasteiger partial charge in [-0.25, -0.2) is 0 Å². The smallest absolute Gasteiger partial charge is 0.0648 e.